The summed E-state index contributed by atoms with van der Waals surface area (Å²) < 4.78 is 0. The van der Waals surface area contributed by atoms with Crippen molar-refractivity contribution in [3.63, 3.8) is 0 Å². The van der Waals surface area contributed by atoms with Gasteiger partial charge in [-0.3, -0.25) is 4.79 Å². The van der Waals surface area contributed by atoms with E-state index >= 15 is 0 Å². The minimum atomic E-state index is 0.157. The van der Waals surface area contributed by atoms with E-state index in [2.05, 4.69) is 5.32 Å². The first kappa shape index (κ1) is 12.9. The summed E-state index contributed by atoms with van der Waals surface area (Å²) in [5.74, 6) is 0.866. The average Bonchev–Trinajstić information content (AvgIpc) is 2.87. The Balaban J connectivity index is 1.68. The van der Waals surface area contributed by atoms with Gasteiger partial charge in [-0.25, -0.2) is 0 Å². The minimum Gasteiger partial charge on any atom is -0.399 e. The molecule has 3 N–H and O–H groups in total. The average molecular weight is 246 g/mol. The van der Waals surface area contributed by atoms with Crippen molar-refractivity contribution in [1.29, 1.82) is 0 Å². The molecule has 3 nitrogen and oxygen atoms in total. The number of carbonyl (C=O) groups is 1. The lowest BCUT2D eigenvalue weighted by molar-refractivity contribution is -0.121. The van der Waals surface area contributed by atoms with Gasteiger partial charge in [0.2, 0.25) is 5.91 Å². The molecule has 0 atom stereocenters. The number of nitrogens with one attached hydrogen (secondary N) is 1. The molecule has 0 radical (unpaired) electrons. The largest absolute Gasteiger partial charge is 0.399 e. The maximum absolute atomic E-state index is 11.7. The van der Waals surface area contributed by atoms with Gasteiger partial charge in [-0.2, -0.15) is 0 Å². The number of amides is 1. The summed E-state index contributed by atoms with van der Waals surface area (Å²) in [7, 11) is 0. The topological polar surface area (TPSA) is 55.1 Å². The summed E-state index contributed by atoms with van der Waals surface area (Å²) in [4.78, 5) is 11.7. The third kappa shape index (κ3) is 4.06. The summed E-state index contributed by atoms with van der Waals surface area (Å²) in [5.41, 5.74) is 7.60. The van der Waals surface area contributed by atoms with Gasteiger partial charge in [0.05, 0.1) is 0 Å². The molecule has 1 aliphatic rings. The molecule has 1 aliphatic carbocycles. The molecule has 0 aromatic heterocycles. The fraction of sp³-hybridized carbons (Fsp3) is 0.533. The molecule has 0 aliphatic heterocycles. The molecule has 1 aromatic rings. The van der Waals surface area contributed by atoms with Crippen molar-refractivity contribution in [2.45, 2.75) is 38.5 Å². The maximum Gasteiger partial charge on any atom is 0.220 e. The number of anilines is 1. The molecule has 98 valence electrons. The van der Waals surface area contributed by atoms with Crippen molar-refractivity contribution in [3.05, 3.63) is 29.8 Å². The summed E-state index contributed by atoms with van der Waals surface area (Å²) >= 11 is 0. The van der Waals surface area contributed by atoms with E-state index in [1.807, 2.05) is 24.3 Å². The molecule has 1 aromatic carbocycles. The fourth-order valence-electron chi connectivity index (χ4n) is 2.57. The van der Waals surface area contributed by atoms with Crippen LogP contribution in [0.3, 0.4) is 0 Å². The highest BCUT2D eigenvalue weighted by Crippen LogP contribution is 2.23. The van der Waals surface area contributed by atoms with E-state index in [0.717, 1.165) is 24.2 Å². The third-order valence-corrected chi connectivity index (χ3v) is 3.65. The number of benzene rings is 1. The van der Waals surface area contributed by atoms with Crippen LogP contribution in [-0.4, -0.2) is 12.5 Å². The number of nitrogens with two attached hydrogens (primary N) is 1. The van der Waals surface area contributed by atoms with E-state index < -0.39 is 0 Å². The Hall–Kier alpha value is -1.51. The molecule has 3 heteroatoms. The second-order valence-corrected chi connectivity index (χ2v) is 5.20. The van der Waals surface area contributed by atoms with Crippen molar-refractivity contribution >= 4 is 11.6 Å². The lowest BCUT2D eigenvalue weighted by Crippen LogP contribution is -2.28. The molecule has 1 saturated carbocycles. The monoisotopic (exact) mass is 246 g/mol. The quantitative estimate of drug-likeness (QED) is 0.784. The van der Waals surface area contributed by atoms with Crippen molar-refractivity contribution in [3.8, 4) is 0 Å². The fourth-order valence-corrected chi connectivity index (χ4v) is 2.57. The van der Waals surface area contributed by atoms with E-state index in [1.165, 1.54) is 25.7 Å². The number of aryl methyl sites for hydroxylation is 1. The summed E-state index contributed by atoms with van der Waals surface area (Å²) in [6.45, 7) is 0.857. The SMILES string of the molecule is Nc1cccc(CCC(=O)NCC2CCCC2)c1. The van der Waals surface area contributed by atoms with Gasteiger partial charge in [-0.05, 0) is 42.9 Å². The van der Waals surface area contributed by atoms with Crippen molar-refractivity contribution < 1.29 is 4.79 Å². The van der Waals surface area contributed by atoms with Gasteiger partial charge in [-0.1, -0.05) is 25.0 Å². The van der Waals surface area contributed by atoms with Gasteiger partial charge in [-0.15, -0.1) is 0 Å². The maximum atomic E-state index is 11.7. The number of hydrogen-bond donors (Lipinski definition) is 2. The van der Waals surface area contributed by atoms with E-state index in [1.54, 1.807) is 0 Å². The molecule has 0 heterocycles. The zero-order valence-electron chi connectivity index (χ0n) is 10.8. The lowest BCUT2D eigenvalue weighted by Gasteiger charge is -2.10. The Kier molecular flexibility index (Phi) is 4.62. The molecule has 18 heavy (non-hydrogen) atoms. The first-order valence-corrected chi connectivity index (χ1v) is 6.85. The first-order chi connectivity index (χ1) is 8.74. The van der Waals surface area contributed by atoms with Crippen molar-refractivity contribution in [2.24, 2.45) is 5.92 Å². The van der Waals surface area contributed by atoms with Gasteiger partial charge >= 0.3 is 0 Å². The molecule has 2 rings (SSSR count). The zero-order chi connectivity index (χ0) is 12.8. The second kappa shape index (κ2) is 6.43. The van der Waals surface area contributed by atoms with Crippen LogP contribution < -0.4 is 11.1 Å². The molecule has 0 unspecified atom stereocenters. The van der Waals surface area contributed by atoms with Gasteiger partial charge in [0, 0.05) is 18.7 Å². The standard InChI is InChI=1S/C15H22N2O/c16-14-7-3-6-12(10-14)8-9-15(18)17-11-13-4-1-2-5-13/h3,6-7,10,13H,1-2,4-5,8-9,11,16H2,(H,17,18). The predicted molar refractivity (Wildman–Crippen MR) is 74.1 cm³/mol. The highest BCUT2D eigenvalue weighted by Gasteiger charge is 2.15. The van der Waals surface area contributed by atoms with E-state index in [9.17, 15) is 4.79 Å². The number of hydrogen-bond acceptors (Lipinski definition) is 2. The van der Waals surface area contributed by atoms with Crippen LogP contribution in [0.25, 0.3) is 0 Å². The Morgan fingerprint density at radius 2 is 2.11 bits per heavy atom. The number of rotatable bonds is 5. The summed E-state index contributed by atoms with van der Waals surface area (Å²) in [6, 6.07) is 7.75. The van der Waals surface area contributed by atoms with Crippen LogP contribution >= 0.6 is 0 Å². The summed E-state index contributed by atoms with van der Waals surface area (Å²) in [6.07, 6.45) is 6.51. The molecule has 0 spiro atoms. The van der Waals surface area contributed by atoms with Gasteiger partial charge in [0.1, 0.15) is 0 Å². The van der Waals surface area contributed by atoms with Gasteiger partial charge < -0.3 is 11.1 Å². The second-order valence-electron chi connectivity index (χ2n) is 5.20. The smallest absolute Gasteiger partial charge is 0.220 e. The number of nitrogen functional groups attached to an aromatic ring is 1. The van der Waals surface area contributed by atoms with Crippen LogP contribution in [0.15, 0.2) is 24.3 Å². The van der Waals surface area contributed by atoms with Gasteiger partial charge in [0.15, 0.2) is 0 Å². The Labute approximate surface area is 109 Å². The van der Waals surface area contributed by atoms with Crippen LogP contribution in [0, 0.1) is 5.92 Å². The van der Waals surface area contributed by atoms with Crippen LogP contribution in [-0.2, 0) is 11.2 Å². The Morgan fingerprint density at radius 3 is 2.83 bits per heavy atom. The Bertz CT molecular complexity index is 397. The normalized spacial score (nSPS) is 15.8. The molecule has 0 bridgehead atoms. The first-order valence-electron chi connectivity index (χ1n) is 6.85. The molecule has 1 amide bonds. The van der Waals surface area contributed by atoms with Crippen molar-refractivity contribution in [2.75, 3.05) is 12.3 Å². The lowest BCUT2D eigenvalue weighted by atomic mass is 10.1. The van der Waals surface area contributed by atoms with E-state index in [-0.39, 0.29) is 5.91 Å². The van der Waals surface area contributed by atoms with E-state index in [4.69, 9.17) is 5.73 Å². The summed E-state index contributed by atoms with van der Waals surface area (Å²) in [5, 5.41) is 3.04. The Morgan fingerprint density at radius 1 is 1.33 bits per heavy atom. The van der Waals surface area contributed by atoms with Gasteiger partial charge in [0.25, 0.3) is 0 Å². The van der Waals surface area contributed by atoms with Crippen LogP contribution in [0.1, 0.15) is 37.7 Å². The minimum absolute atomic E-state index is 0.157. The predicted octanol–water partition coefficient (Wildman–Crippen LogP) is 2.51. The third-order valence-electron chi connectivity index (χ3n) is 3.65. The zero-order valence-corrected chi connectivity index (χ0v) is 10.8. The number of carbonyl (C=O) groups excluding carboxylic acids is 1. The molecule has 0 saturated heterocycles. The van der Waals surface area contributed by atoms with Crippen LogP contribution in [0.4, 0.5) is 5.69 Å². The van der Waals surface area contributed by atoms with Crippen LogP contribution in [0.2, 0.25) is 0 Å². The molecular weight excluding hydrogens is 224 g/mol. The van der Waals surface area contributed by atoms with E-state index in [0.29, 0.717) is 12.3 Å². The van der Waals surface area contributed by atoms with Crippen LogP contribution in [0.5, 0.6) is 0 Å². The molecular formula is C15H22N2O. The highest BCUT2D eigenvalue weighted by molar-refractivity contribution is 5.76. The molecule has 1 fully saturated rings. The van der Waals surface area contributed by atoms with Crippen molar-refractivity contribution in [1.82, 2.24) is 5.32 Å². The highest BCUT2D eigenvalue weighted by atomic mass is 16.1.